The lowest BCUT2D eigenvalue weighted by Crippen LogP contribution is -2.47. The number of rotatable bonds is 5. The van der Waals surface area contributed by atoms with Gasteiger partial charge in [0.25, 0.3) is 5.91 Å². The molecular formula is C22H18N4O2S3. The van der Waals surface area contributed by atoms with E-state index in [0.29, 0.717) is 10.0 Å². The molecule has 4 aromatic rings. The molecule has 0 saturated heterocycles. The summed E-state index contributed by atoms with van der Waals surface area (Å²) in [5.41, 5.74) is 3.24. The molecule has 2 amide bonds. The second-order valence-electron chi connectivity index (χ2n) is 7.02. The molecule has 156 valence electrons. The van der Waals surface area contributed by atoms with Crippen molar-refractivity contribution in [2.45, 2.75) is 12.4 Å². The first-order valence-electron chi connectivity index (χ1n) is 9.60. The van der Waals surface area contributed by atoms with E-state index in [-0.39, 0.29) is 23.1 Å². The van der Waals surface area contributed by atoms with Gasteiger partial charge < -0.3 is 10.6 Å². The summed E-state index contributed by atoms with van der Waals surface area (Å²) in [6, 6.07) is 17.4. The number of carbonyl (C=O) groups excluding carboxylic acids is 2. The van der Waals surface area contributed by atoms with E-state index in [0.717, 1.165) is 27.2 Å². The van der Waals surface area contributed by atoms with E-state index in [9.17, 15) is 9.59 Å². The molecule has 1 aliphatic heterocycles. The van der Waals surface area contributed by atoms with E-state index < -0.39 is 0 Å². The van der Waals surface area contributed by atoms with Crippen LogP contribution in [0.2, 0.25) is 0 Å². The fourth-order valence-corrected chi connectivity index (χ4v) is 6.09. The van der Waals surface area contributed by atoms with E-state index in [1.165, 1.54) is 34.4 Å². The molecule has 0 bridgehead atoms. The highest BCUT2D eigenvalue weighted by Gasteiger charge is 2.34. The summed E-state index contributed by atoms with van der Waals surface area (Å²) in [5.74, 6) is -0.0311. The molecule has 5 rings (SSSR count). The highest BCUT2D eigenvalue weighted by atomic mass is 32.2. The number of thiophene rings is 1. The number of hydrogen-bond acceptors (Lipinski definition) is 7. The number of carbonyl (C=O) groups is 2. The number of aromatic nitrogens is 1. The number of nitrogens with zero attached hydrogens (tertiary/aromatic N) is 2. The second-order valence-corrected chi connectivity index (χ2v) is 10.0. The van der Waals surface area contributed by atoms with Crippen LogP contribution in [0.1, 0.15) is 15.2 Å². The maximum Gasteiger partial charge on any atom is 0.272 e. The summed E-state index contributed by atoms with van der Waals surface area (Å²) < 4.78 is 1.04. The number of hydrogen-bond donors (Lipinski definition) is 2. The zero-order valence-corrected chi connectivity index (χ0v) is 18.9. The van der Waals surface area contributed by atoms with Gasteiger partial charge in [0.2, 0.25) is 5.91 Å². The van der Waals surface area contributed by atoms with Gasteiger partial charge in [-0.15, -0.1) is 23.1 Å². The van der Waals surface area contributed by atoms with Gasteiger partial charge in [0, 0.05) is 5.69 Å². The van der Waals surface area contributed by atoms with Gasteiger partial charge >= 0.3 is 0 Å². The minimum Gasteiger partial charge on any atom is -0.355 e. The normalized spacial score (nSPS) is 15.6. The molecule has 2 N–H and O–H groups in total. The highest BCUT2D eigenvalue weighted by molar-refractivity contribution is 8.00. The molecule has 2 aromatic heterocycles. The van der Waals surface area contributed by atoms with Gasteiger partial charge in [-0.2, -0.15) is 0 Å². The molecule has 0 spiro atoms. The number of fused-ring (bicyclic) bond motifs is 2. The maximum atomic E-state index is 13.1. The molecule has 9 heteroatoms. The zero-order chi connectivity index (χ0) is 21.4. The first-order valence-corrected chi connectivity index (χ1v) is 12.3. The number of amides is 2. The van der Waals surface area contributed by atoms with Crippen LogP contribution in [-0.2, 0) is 4.79 Å². The minimum atomic E-state index is -0.388. The summed E-state index contributed by atoms with van der Waals surface area (Å²) in [5, 5.41) is 8.76. The molecule has 6 nitrogen and oxygen atoms in total. The monoisotopic (exact) mass is 466 g/mol. The Bertz CT molecular complexity index is 1270. The van der Waals surface area contributed by atoms with Crippen molar-refractivity contribution >= 4 is 73.0 Å². The van der Waals surface area contributed by atoms with Crippen molar-refractivity contribution in [2.24, 2.45) is 0 Å². The van der Waals surface area contributed by atoms with E-state index in [1.54, 1.807) is 4.90 Å². The first-order chi connectivity index (χ1) is 15.1. The molecule has 2 aromatic carbocycles. The third-order valence-corrected chi connectivity index (χ3v) is 7.70. The minimum absolute atomic E-state index is 0.0607. The molecule has 31 heavy (non-hydrogen) atoms. The van der Waals surface area contributed by atoms with Crippen molar-refractivity contribution in [1.82, 2.24) is 4.98 Å². The number of anilines is 3. The number of para-hydroxylation sites is 1. The van der Waals surface area contributed by atoms with Crippen LogP contribution in [-0.4, -0.2) is 28.0 Å². The quantitative estimate of drug-likeness (QED) is 0.412. The molecule has 0 aliphatic carbocycles. The Balaban J connectivity index is 1.31. The van der Waals surface area contributed by atoms with Gasteiger partial charge in [0.1, 0.15) is 4.88 Å². The predicted octanol–water partition coefficient (Wildman–Crippen LogP) is 5.39. The van der Waals surface area contributed by atoms with Crippen molar-refractivity contribution in [3.8, 4) is 0 Å². The molecular weight excluding hydrogens is 448 g/mol. The molecule has 0 unspecified atom stereocenters. The van der Waals surface area contributed by atoms with Crippen molar-refractivity contribution in [1.29, 1.82) is 0 Å². The Morgan fingerprint density at radius 1 is 1.23 bits per heavy atom. The lowest BCUT2D eigenvalue weighted by Gasteiger charge is -2.36. The molecule has 3 heterocycles. The number of nitrogens with one attached hydrogen (secondary N) is 2. The molecule has 1 atom stereocenters. The van der Waals surface area contributed by atoms with Crippen molar-refractivity contribution in [3.05, 3.63) is 70.4 Å². The van der Waals surface area contributed by atoms with Crippen molar-refractivity contribution in [2.75, 3.05) is 21.3 Å². The summed E-state index contributed by atoms with van der Waals surface area (Å²) in [6.45, 7) is 2.03. The average Bonchev–Trinajstić information content (AvgIpc) is 3.39. The summed E-state index contributed by atoms with van der Waals surface area (Å²) in [4.78, 5) is 32.6. The molecule has 0 fully saturated rings. The van der Waals surface area contributed by atoms with Crippen LogP contribution in [0, 0.1) is 6.92 Å². The highest BCUT2D eigenvalue weighted by Crippen LogP contribution is 2.36. The van der Waals surface area contributed by atoms with Crippen LogP contribution in [0.25, 0.3) is 10.2 Å². The summed E-state index contributed by atoms with van der Waals surface area (Å²) >= 11 is 4.24. The Hall–Kier alpha value is -2.88. The van der Waals surface area contributed by atoms with E-state index in [2.05, 4.69) is 21.7 Å². The van der Waals surface area contributed by atoms with Crippen LogP contribution in [0.15, 0.2) is 60.0 Å². The van der Waals surface area contributed by atoms with E-state index >= 15 is 0 Å². The van der Waals surface area contributed by atoms with Gasteiger partial charge in [-0.1, -0.05) is 35.6 Å². The second kappa shape index (κ2) is 8.33. The topological polar surface area (TPSA) is 74.3 Å². The van der Waals surface area contributed by atoms with E-state index in [1.807, 2.05) is 60.8 Å². The number of aryl methyl sites for hydroxylation is 1. The Morgan fingerprint density at radius 3 is 2.90 bits per heavy atom. The van der Waals surface area contributed by atoms with Crippen molar-refractivity contribution in [3.63, 3.8) is 0 Å². The van der Waals surface area contributed by atoms with Crippen LogP contribution >= 0.6 is 34.4 Å². The Labute approximate surface area is 191 Å². The standard InChI is InChI=1S/C22H18N4O2S3/c1-13-7-8-15-17(11-13)31-21(23-15)25-18(27)12-30-22-24-16-9-10-29-19(16)20(28)26(22)14-5-3-2-4-6-14/h2-11,22,24H,12H2,1H3,(H,23,25,27)/t22-/m1/s1. The average molecular weight is 467 g/mol. The largest absolute Gasteiger partial charge is 0.355 e. The van der Waals surface area contributed by atoms with Gasteiger partial charge in [0.15, 0.2) is 10.6 Å². The molecule has 0 saturated carbocycles. The van der Waals surface area contributed by atoms with E-state index in [4.69, 9.17) is 0 Å². The fraction of sp³-hybridized carbons (Fsp3) is 0.136. The fourth-order valence-electron chi connectivity index (χ4n) is 3.35. The SMILES string of the molecule is Cc1ccc2nc(NC(=O)CS[C@@H]3Nc4ccsc4C(=O)N3c3ccccc3)sc2c1. The van der Waals surface area contributed by atoms with Crippen LogP contribution in [0.5, 0.6) is 0 Å². The predicted molar refractivity (Wildman–Crippen MR) is 130 cm³/mol. The Morgan fingerprint density at radius 2 is 2.06 bits per heavy atom. The van der Waals surface area contributed by atoms with Crippen LogP contribution in [0.3, 0.4) is 0 Å². The first kappa shape index (κ1) is 20.0. The summed E-state index contributed by atoms with van der Waals surface area (Å²) in [6.07, 6.45) is 0. The smallest absolute Gasteiger partial charge is 0.272 e. The molecule has 0 radical (unpaired) electrons. The third kappa shape index (κ3) is 4.04. The van der Waals surface area contributed by atoms with Gasteiger partial charge in [-0.25, -0.2) is 4.98 Å². The lowest BCUT2D eigenvalue weighted by molar-refractivity contribution is -0.113. The lowest BCUT2D eigenvalue weighted by atomic mass is 10.2. The zero-order valence-electron chi connectivity index (χ0n) is 16.5. The third-order valence-electron chi connectivity index (χ3n) is 4.79. The number of thioether (sulfide) groups is 1. The number of benzene rings is 2. The number of thiazole rings is 1. The Kier molecular flexibility index (Phi) is 5.39. The maximum absolute atomic E-state index is 13.1. The van der Waals surface area contributed by atoms with Crippen molar-refractivity contribution < 1.29 is 9.59 Å². The molecule has 1 aliphatic rings. The summed E-state index contributed by atoms with van der Waals surface area (Å²) in [7, 11) is 0. The van der Waals surface area contributed by atoms with Gasteiger partial charge in [-0.05, 0) is 48.2 Å². The van der Waals surface area contributed by atoms with Gasteiger partial charge in [0.05, 0.1) is 21.7 Å². The van der Waals surface area contributed by atoms with Gasteiger partial charge in [-0.3, -0.25) is 14.5 Å². The van der Waals surface area contributed by atoms with Crippen LogP contribution in [0.4, 0.5) is 16.5 Å². The van der Waals surface area contributed by atoms with Crippen LogP contribution < -0.4 is 15.5 Å².